The number of fused-ring (bicyclic) bond motifs is 1. The number of carboxylic acid groups (broad SMARTS) is 1. The molecule has 0 saturated carbocycles. The highest BCUT2D eigenvalue weighted by Crippen LogP contribution is 2.33. The first-order chi connectivity index (χ1) is 9.99. The molecule has 1 aliphatic rings. The van der Waals surface area contributed by atoms with Crippen molar-refractivity contribution in [2.24, 2.45) is 11.8 Å². The zero-order valence-corrected chi connectivity index (χ0v) is 12.8. The van der Waals surface area contributed by atoms with Gasteiger partial charge in [-0.05, 0) is 29.9 Å². The molecular formula is C16H17NO3S. The highest BCUT2D eigenvalue weighted by atomic mass is 32.1. The molecule has 0 radical (unpaired) electrons. The van der Waals surface area contributed by atoms with Crippen LogP contribution in [0.15, 0.2) is 24.3 Å². The minimum absolute atomic E-state index is 0.00105. The number of hydrogen-bond donors (Lipinski definition) is 1. The second-order valence-corrected chi connectivity index (χ2v) is 6.74. The maximum Gasteiger partial charge on any atom is 0.308 e. The number of aliphatic carboxylic acids is 1. The molecule has 5 heteroatoms. The van der Waals surface area contributed by atoms with Gasteiger partial charge in [0.25, 0.3) is 5.91 Å². The Balaban J connectivity index is 1.91. The van der Waals surface area contributed by atoms with Crippen LogP contribution in [-0.2, 0) is 4.79 Å². The third-order valence-electron chi connectivity index (χ3n) is 4.25. The summed E-state index contributed by atoms with van der Waals surface area (Å²) in [6.07, 6.45) is 0. The molecule has 1 fully saturated rings. The fourth-order valence-corrected chi connectivity index (χ4v) is 4.15. The van der Waals surface area contributed by atoms with Crippen LogP contribution in [0.2, 0.25) is 0 Å². The Kier molecular flexibility index (Phi) is 3.45. The van der Waals surface area contributed by atoms with E-state index in [2.05, 4.69) is 0 Å². The number of thiophene rings is 1. The zero-order chi connectivity index (χ0) is 15.1. The fourth-order valence-electron chi connectivity index (χ4n) is 2.98. The first-order valence-corrected chi connectivity index (χ1v) is 7.81. The molecule has 110 valence electrons. The highest BCUT2D eigenvalue weighted by Gasteiger charge is 2.37. The Morgan fingerprint density at radius 1 is 1.29 bits per heavy atom. The number of carboxylic acids is 1. The predicted octanol–water partition coefficient (Wildman–Crippen LogP) is 3.00. The van der Waals surface area contributed by atoms with Gasteiger partial charge >= 0.3 is 5.97 Å². The Hall–Kier alpha value is -1.88. The predicted molar refractivity (Wildman–Crippen MR) is 82.8 cm³/mol. The Morgan fingerprint density at radius 2 is 2.00 bits per heavy atom. The highest BCUT2D eigenvalue weighted by molar-refractivity contribution is 7.21. The third kappa shape index (κ3) is 2.31. The summed E-state index contributed by atoms with van der Waals surface area (Å²) in [5.41, 5.74) is 0.993. The molecule has 3 rings (SSSR count). The number of rotatable bonds is 2. The summed E-state index contributed by atoms with van der Waals surface area (Å²) in [6, 6.07) is 7.96. The van der Waals surface area contributed by atoms with Crippen molar-refractivity contribution in [1.29, 1.82) is 0 Å². The normalized spacial score (nSPS) is 21.9. The first-order valence-electron chi connectivity index (χ1n) is 6.99. The van der Waals surface area contributed by atoms with Crippen LogP contribution < -0.4 is 0 Å². The van der Waals surface area contributed by atoms with Crippen LogP contribution in [0.1, 0.15) is 22.2 Å². The second kappa shape index (κ2) is 5.15. The van der Waals surface area contributed by atoms with E-state index < -0.39 is 11.9 Å². The average Bonchev–Trinajstić information content (AvgIpc) is 3.00. The quantitative estimate of drug-likeness (QED) is 0.928. The standard InChI is InChI=1S/C16H17NO3S/c1-9-7-17(8-12(9)16(19)20)15(18)14-10(2)11-5-3-4-6-13(11)21-14/h3-6,9,12H,7-8H2,1-2H3,(H,19,20). The molecule has 2 heterocycles. The van der Waals surface area contributed by atoms with E-state index in [4.69, 9.17) is 0 Å². The maximum absolute atomic E-state index is 12.7. The lowest BCUT2D eigenvalue weighted by Crippen LogP contribution is -2.29. The van der Waals surface area contributed by atoms with Gasteiger partial charge in [-0.15, -0.1) is 11.3 Å². The van der Waals surface area contributed by atoms with E-state index in [1.165, 1.54) is 11.3 Å². The molecule has 0 aliphatic carbocycles. The van der Waals surface area contributed by atoms with E-state index in [0.717, 1.165) is 20.5 Å². The summed E-state index contributed by atoms with van der Waals surface area (Å²) in [4.78, 5) is 26.3. The van der Waals surface area contributed by atoms with Crippen LogP contribution in [-0.4, -0.2) is 35.0 Å². The summed E-state index contributed by atoms with van der Waals surface area (Å²) in [5, 5.41) is 10.3. The van der Waals surface area contributed by atoms with Gasteiger partial charge in [0, 0.05) is 17.8 Å². The number of amides is 1. The van der Waals surface area contributed by atoms with Gasteiger partial charge < -0.3 is 10.0 Å². The van der Waals surface area contributed by atoms with E-state index >= 15 is 0 Å². The van der Waals surface area contributed by atoms with E-state index in [9.17, 15) is 14.7 Å². The summed E-state index contributed by atoms with van der Waals surface area (Å²) >= 11 is 1.49. The molecular weight excluding hydrogens is 286 g/mol. The van der Waals surface area contributed by atoms with Gasteiger partial charge in [-0.3, -0.25) is 9.59 Å². The van der Waals surface area contributed by atoms with E-state index in [-0.39, 0.29) is 11.8 Å². The Labute approximate surface area is 127 Å². The molecule has 1 aliphatic heterocycles. The summed E-state index contributed by atoms with van der Waals surface area (Å²) < 4.78 is 1.10. The average molecular weight is 303 g/mol. The SMILES string of the molecule is Cc1c(C(=O)N2CC(C)C(C(=O)O)C2)sc2ccccc12. The molecule has 1 aromatic carbocycles. The summed E-state index contributed by atoms with van der Waals surface area (Å²) in [6.45, 7) is 4.68. The van der Waals surface area contributed by atoms with Crippen molar-refractivity contribution in [2.45, 2.75) is 13.8 Å². The van der Waals surface area contributed by atoms with Crippen molar-refractivity contribution in [3.8, 4) is 0 Å². The minimum atomic E-state index is -0.814. The fraction of sp³-hybridized carbons (Fsp3) is 0.375. The van der Waals surface area contributed by atoms with E-state index in [1.54, 1.807) is 4.90 Å². The topological polar surface area (TPSA) is 57.6 Å². The first kappa shape index (κ1) is 14.1. The molecule has 2 aromatic rings. The number of hydrogen-bond acceptors (Lipinski definition) is 3. The molecule has 1 saturated heterocycles. The molecule has 1 aromatic heterocycles. The number of likely N-dealkylation sites (tertiary alicyclic amines) is 1. The monoisotopic (exact) mass is 303 g/mol. The maximum atomic E-state index is 12.7. The van der Waals surface area contributed by atoms with Crippen LogP contribution in [0.3, 0.4) is 0 Å². The van der Waals surface area contributed by atoms with Crippen molar-refractivity contribution in [1.82, 2.24) is 4.90 Å². The van der Waals surface area contributed by atoms with Crippen molar-refractivity contribution in [2.75, 3.05) is 13.1 Å². The summed E-state index contributed by atoms with van der Waals surface area (Å²) in [5.74, 6) is -1.31. The number of aryl methyl sites for hydroxylation is 1. The molecule has 21 heavy (non-hydrogen) atoms. The second-order valence-electron chi connectivity index (χ2n) is 5.68. The summed E-state index contributed by atoms with van der Waals surface area (Å²) in [7, 11) is 0. The van der Waals surface area contributed by atoms with Crippen LogP contribution in [0.5, 0.6) is 0 Å². The number of carbonyl (C=O) groups is 2. The van der Waals surface area contributed by atoms with Gasteiger partial charge in [-0.1, -0.05) is 25.1 Å². The van der Waals surface area contributed by atoms with Crippen molar-refractivity contribution in [3.05, 3.63) is 34.7 Å². The number of carbonyl (C=O) groups excluding carboxylic acids is 1. The van der Waals surface area contributed by atoms with Gasteiger partial charge in [0.05, 0.1) is 10.8 Å². The molecule has 2 unspecified atom stereocenters. The lowest BCUT2D eigenvalue weighted by Gasteiger charge is -2.15. The molecule has 0 bridgehead atoms. The third-order valence-corrected chi connectivity index (χ3v) is 5.52. The van der Waals surface area contributed by atoms with Gasteiger partial charge in [0.15, 0.2) is 0 Å². The van der Waals surface area contributed by atoms with Crippen LogP contribution in [0.4, 0.5) is 0 Å². The molecule has 0 spiro atoms. The van der Waals surface area contributed by atoms with E-state index in [1.807, 2.05) is 38.1 Å². The van der Waals surface area contributed by atoms with Gasteiger partial charge in [-0.25, -0.2) is 0 Å². The van der Waals surface area contributed by atoms with Crippen LogP contribution in [0.25, 0.3) is 10.1 Å². The van der Waals surface area contributed by atoms with Crippen LogP contribution in [0, 0.1) is 18.8 Å². The zero-order valence-electron chi connectivity index (χ0n) is 12.0. The van der Waals surface area contributed by atoms with Gasteiger partial charge in [0.1, 0.15) is 0 Å². The molecule has 1 N–H and O–H groups in total. The number of benzene rings is 1. The van der Waals surface area contributed by atoms with Crippen LogP contribution >= 0.6 is 11.3 Å². The van der Waals surface area contributed by atoms with E-state index in [0.29, 0.717) is 13.1 Å². The smallest absolute Gasteiger partial charge is 0.308 e. The largest absolute Gasteiger partial charge is 0.481 e. The Morgan fingerprint density at radius 3 is 2.62 bits per heavy atom. The van der Waals surface area contributed by atoms with Gasteiger partial charge in [-0.2, -0.15) is 0 Å². The molecule has 2 atom stereocenters. The lowest BCUT2D eigenvalue weighted by molar-refractivity contribution is -0.142. The van der Waals surface area contributed by atoms with Crippen molar-refractivity contribution in [3.63, 3.8) is 0 Å². The number of nitrogens with zero attached hydrogens (tertiary/aromatic N) is 1. The van der Waals surface area contributed by atoms with Crippen molar-refractivity contribution < 1.29 is 14.7 Å². The van der Waals surface area contributed by atoms with Gasteiger partial charge in [0.2, 0.25) is 0 Å². The lowest BCUT2D eigenvalue weighted by atomic mass is 9.99. The molecule has 1 amide bonds. The minimum Gasteiger partial charge on any atom is -0.481 e. The Bertz CT molecular complexity index is 721. The van der Waals surface area contributed by atoms with Crippen molar-refractivity contribution >= 4 is 33.3 Å². The molecule has 4 nitrogen and oxygen atoms in total.